The quantitative estimate of drug-likeness (QED) is 0.354. The van der Waals surface area contributed by atoms with E-state index in [0.717, 1.165) is 0 Å². The zero-order valence-electron chi connectivity index (χ0n) is 8.67. The number of aliphatic hydroxyl groups excluding tert-OH is 2. The van der Waals surface area contributed by atoms with Crippen LogP contribution >= 0.6 is 0 Å². The normalized spacial score (nSPS) is 14.1. The number of hydrogen-bond donors (Lipinski definition) is 4. The van der Waals surface area contributed by atoms with Gasteiger partial charge in [-0.25, -0.2) is 0 Å². The molecule has 0 rings (SSSR count). The van der Waals surface area contributed by atoms with Crippen molar-refractivity contribution in [2.45, 2.75) is 6.18 Å². The highest BCUT2D eigenvalue weighted by atomic mass is 19.4. The topological polar surface area (TPSA) is 93.6 Å². The molecule has 1 unspecified atom stereocenters. The SMILES string of the molecule is N=C(N)C(CN(CCO)CCO)C(F)(F)F. The van der Waals surface area contributed by atoms with Gasteiger partial charge in [0.05, 0.1) is 13.2 Å². The monoisotopic (exact) mass is 243 g/mol. The lowest BCUT2D eigenvalue weighted by atomic mass is 10.1. The number of amidine groups is 1. The lowest BCUT2D eigenvalue weighted by Crippen LogP contribution is -2.45. The Morgan fingerprint density at radius 2 is 1.69 bits per heavy atom. The van der Waals surface area contributed by atoms with E-state index in [2.05, 4.69) is 0 Å². The first-order chi connectivity index (χ1) is 7.32. The van der Waals surface area contributed by atoms with Crippen LogP contribution in [-0.4, -0.2) is 60.0 Å². The average Bonchev–Trinajstić information content (AvgIpc) is 2.12. The van der Waals surface area contributed by atoms with Crippen LogP contribution in [0.2, 0.25) is 0 Å². The molecule has 0 bridgehead atoms. The highest BCUT2D eigenvalue weighted by molar-refractivity contribution is 5.80. The highest BCUT2D eigenvalue weighted by Crippen LogP contribution is 2.26. The molecule has 0 saturated carbocycles. The summed E-state index contributed by atoms with van der Waals surface area (Å²) >= 11 is 0. The fraction of sp³-hybridized carbons (Fsp3) is 0.875. The molecule has 0 radical (unpaired) electrons. The van der Waals surface area contributed by atoms with Gasteiger partial charge in [-0.2, -0.15) is 13.2 Å². The first kappa shape index (κ1) is 15.1. The lowest BCUT2D eigenvalue weighted by molar-refractivity contribution is -0.160. The highest BCUT2D eigenvalue weighted by Gasteiger charge is 2.42. The van der Waals surface area contributed by atoms with Crippen molar-refractivity contribution in [1.29, 1.82) is 5.41 Å². The summed E-state index contributed by atoms with van der Waals surface area (Å²) in [5.74, 6) is -3.03. The number of aliphatic hydroxyl groups is 2. The third-order valence-electron chi connectivity index (χ3n) is 2.04. The van der Waals surface area contributed by atoms with Crippen LogP contribution in [0.1, 0.15) is 0 Å². The number of nitrogens with two attached hydrogens (primary N) is 1. The molecule has 96 valence electrons. The molecule has 5 N–H and O–H groups in total. The van der Waals surface area contributed by atoms with E-state index < -0.39 is 24.5 Å². The Bertz CT molecular complexity index is 217. The Hall–Kier alpha value is -0.860. The molecule has 0 spiro atoms. The van der Waals surface area contributed by atoms with E-state index in [1.54, 1.807) is 0 Å². The largest absolute Gasteiger partial charge is 0.399 e. The van der Waals surface area contributed by atoms with Gasteiger partial charge in [0.2, 0.25) is 0 Å². The minimum atomic E-state index is -4.59. The standard InChI is InChI=1S/C8H16F3N3O2/c9-8(10,11)6(7(12)13)5-14(1-3-15)2-4-16/h6,15-16H,1-5H2,(H3,12,13). The fourth-order valence-corrected chi connectivity index (χ4v) is 1.21. The number of halogens is 3. The number of nitrogens with zero attached hydrogens (tertiary/aromatic N) is 1. The van der Waals surface area contributed by atoms with Crippen LogP contribution in [0, 0.1) is 11.3 Å². The van der Waals surface area contributed by atoms with Gasteiger partial charge in [0, 0.05) is 19.6 Å². The van der Waals surface area contributed by atoms with Gasteiger partial charge in [0.15, 0.2) is 0 Å². The van der Waals surface area contributed by atoms with Crippen LogP contribution < -0.4 is 5.73 Å². The van der Waals surface area contributed by atoms with Crippen molar-refractivity contribution in [3.05, 3.63) is 0 Å². The predicted octanol–water partition coefficient (Wildman–Crippen LogP) is -0.613. The first-order valence-corrected chi connectivity index (χ1v) is 4.67. The van der Waals surface area contributed by atoms with E-state index in [-0.39, 0.29) is 26.3 Å². The molecule has 0 aromatic carbocycles. The summed E-state index contributed by atoms with van der Waals surface area (Å²) in [6.07, 6.45) is -4.59. The zero-order valence-corrected chi connectivity index (χ0v) is 8.67. The summed E-state index contributed by atoms with van der Waals surface area (Å²) in [4.78, 5) is 1.21. The molecule has 0 aliphatic carbocycles. The van der Waals surface area contributed by atoms with Crippen LogP contribution in [0.25, 0.3) is 0 Å². The van der Waals surface area contributed by atoms with Crippen molar-refractivity contribution < 1.29 is 23.4 Å². The molecule has 0 heterocycles. The number of nitrogens with one attached hydrogen (secondary N) is 1. The van der Waals surface area contributed by atoms with Crippen molar-refractivity contribution in [2.75, 3.05) is 32.8 Å². The van der Waals surface area contributed by atoms with Crippen molar-refractivity contribution in [2.24, 2.45) is 11.7 Å². The molecular weight excluding hydrogens is 227 g/mol. The Balaban J connectivity index is 4.51. The second kappa shape index (κ2) is 6.66. The lowest BCUT2D eigenvalue weighted by Gasteiger charge is -2.27. The smallest absolute Gasteiger partial charge is 0.395 e. The van der Waals surface area contributed by atoms with Crippen LogP contribution in [0.5, 0.6) is 0 Å². The van der Waals surface area contributed by atoms with E-state index in [0.29, 0.717) is 0 Å². The summed E-state index contributed by atoms with van der Waals surface area (Å²) in [6, 6.07) is 0. The molecule has 0 saturated heterocycles. The van der Waals surface area contributed by atoms with Crippen LogP contribution in [0.3, 0.4) is 0 Å². The van der Waals surface area contributed by atoms with E-state index in [1.165, 1.54) is 4.90 Å². The number of hydrogen-bond acceptors (Lipinski definition) is 4. The second-order valence-electron chi connectivity index (χ2n) is 3.30. The summed E-state index contributed by atoms with van der Waals surface area (Å²) in [5, 5.41) is 24.1. The van der Waals surface area contributed by atoms with Crippen LogP contribution in [-0.2, 0) is 0 Å². The van der Waals surface area contributed by atoms with Crippen molar-refractivity contribution in [1.82, 2.24) is 4.90 Å². The third-order valence-corrected chi connectivity index (χ3v) is 2.04. The molecule has 5 nitrogen and oxygen atoms in total. The van der Waals surface area contributed by atoms with Gasteiger partial charge < -0.3 is 15.9 Å². The zero-order chi connectivity index (χ0) is 12.8. The molecule has 0 aromatic rings. The molecule has 0 amide bonds. The molecule has 0 aliphatic rings. The minimum Gasteiger partial charge on any atom is -0.395 e. The number of rotatable bonds is 7. The summed E-state index contributed by atoms with van der Waals surface area (Å²) < 4.78 is 37.3. The van der Waals surface area contributed by atoms with E-state index in [4.69, 9.17) is 21.4 Å². The average molecular weight is 243 g/mol. The summed E-state index contributed by atoms with van der Waals surface area (Å²) in [5.41, 5.74) is 4.88. The molecule has 8 heteroatoms. The third kappa shape index (κ3) is 5.29. The van der Waals surface area contributed by atoms with Crippen LogP contribution in [0.4, 0.5) is 13.2 Å². The van der Waals surface area contributed by atoms with Gasteiger partial charge in [-0.3, -0.25) is 10.3 Å². The maximum atomic E-state index is 12.4. The van der Waals surface area contributed by atoms with Gasteiger partial charge in [-0.15, -0.1) is 0 Å². The molecule has 16 heavy (non-hydrogen) atoms. The minimum absolute atomic E-state index is 0.000417. The molecule has 1 atom stereocenters. The molecular formula is C8H16F3N3O2. The van der Waals surface area contributed by atoms with Crippen molar-refractivity contribution in [3.63, 3.8) is 0 Å². The Morgan fingerprint density at radius 3 is 1.94 bits per heavy atom. The second-order valence-corrected chi connectivity index (χ2v) is 3.30. The maximum Gasteiger partial charge on any atom is 0.399 e. The van der Waals surface area contributed by atoms with Gasteiger partial charge in [-0.05, 0) is 0 Å². The first-order valence-electron chi connectivity index (χ1n) is 4.67. The molecule has 0 aliphatic heterocycles. The Morgan fingerprint density at radius 1 is 1.25 bits per heavy atom. The maximum absolute atomic E-state index is 12.4. The van der Waals surface area contributed by atoms with E-state index in [1.807, 2.05) is 0 Å². The number of alkyl halides is 3. The predicted molar refractivity (Wildman–Crippen MR) is 52.1 cm³/mol. The van der Waals surface area contributed by atoms with E-state index >= 15 is 0 Å². The van der Waals surface area contributed by atoms with Gasteiger partial charge >= 0.3 is 6.18 Å². The van der Waals surface area contributed by atoms with Gasteiger partial charge in [-0.1, -0.05) is 0 Å². The van der Waals surface area contributed by atoms with Crippen molar-refractivity contribution in [3.8, 4) is 0 Å². The Kier molecular flexibility index (Phi) is 6.31. The summed E-state index contributed by atoms with van der Waals surface area (Å²) in [6.45, 7) is -1.16. The summed E-state index contributed by atoms with van der Waals surface area (Å²) in [7, 11) is 0. The van der Waals surface area contributed by atoms with Crippen molar-refractivity contribution >= 4 is 5.84 Å². The van der Waals surface area contributed by atoms with Crippen LogP contribution in [0.15, 0.2) is 0 Å². The van der Waals surface area contributed by atoms with E-state index in [9.17, 15) is 13.2 Å². The molecule has 0 fully saturated rings. The van der Waals surface area contributed by atoms with Gasteiger partial charge in [0.25, 0.3) is 0 Å². The fourth-order valence-electron chi connectivity index (χ4n) is 1.21. The Labute approximate surface area is 91.2 Å². The molecule has 0 aromatic heterocycles. The van der Waals surface area contributed by atoms with Gasteiger partial charge in [0.1, 0.15) is 11.8 Å².